The van der Waals surface area contributed by atoms with Gasteiger partial charge in [0, 0.05) is 0 Å². The SMILES string of the molecule is O=C(O)c1cc(O)c(O)c(OC(=O)c2ccc(O)cc2)c1. The second-order valence-corrected chi connectivity index (χ2v) is 4.08. The van der Waals surface area contributed by atoms with Crippen molar-refractivity contribution in [3.63, 3.8) is 0 Å². The molecule has 0 aromatic heterocycles. The number of carboxylic acid groups (broad SMARTS) is 1. The molecule has 0 aliphatic rings. The van der Waals surface area contributed by atoms with Gasteiger partial charge in [0.1, 0.15) is 5.75 Å². The van der Waals surface area contributed by atoms with E-state index in [4.69, 9.17) is 14.9 Å². The molecule has 0 saturated carbocycles. The number of carbonyl (C=O) groups is 2. The Morgan fingerprint density at radius 3 is 2.10 bits per heavy atom. The number of phenolic OH excluding ortho intramolecular Hbond substituents is 3. The van der Waals surface area contributed by atoms with E-state index in [1.165, 1.54) is 24.3 Å². The summed E-state index contributed by atoms with van der Waals surface area (Å²) in [7, 11) is 0. The van der Waals surface area contributed by atoms with Crippen LogP contribution >= 0.6 is 0 Å². The number of carboxylic acids is 1. The molecule has 4 N–H and O–H groups in total. The minimum atomic E-state index is -1.35. The van der Waals surface area contributed by atoms with Crippen LogP contribution in [0.15, 0.2) is 36.4 Å². The molecular weight excluding hydrogens is 280 g/mol. The molecule has 108 valence electrons. The van der Waals surface area contributed by atoms with Crippen LogP contribution in [0, 0.1) is 0 Å². The van der Waals surface area contributed by atoms with E-state index in [-0.39, 0.29) is 16.9 Å². The van der Waals surface area contributed by atoms with Gasteiger partial charge in [-0.05, 0) is 36.4 Å². The van der Waals surface area contributed by atoms with Crippen LogP contribution in [0.1, 0.15) is 20.7 Å². The third kappa shape index (κ3) is 3.03. The molecule has 0 radical (unpaired) electrons. The lowest BCUT2D eigenvalue weighted by atomic mass is 10.2. The Morgan fingerprint density at radius 1 is 0.905 bits per heavy atom. The number of ether oxygens (including phenoxy) is 1. The highest BCUT2D eigenvalue weighted by Crippen LogP contribution is 2.37. The highest BCUT2D eigenvalue weighted by Gasteiger charge is 2.18. The van der Waals surface area contributed by atoms with Crippen LogP contribution in [0.2, 0.25) is 0 Å². The lowest BCUT2D eigenvalue weighted by Crippen LogP contribution is -2.09. The predicted molar refractivity (Wildman–Crippen MR) is 69.8 cm³/mol. The van der Waals surface area contributed by atoms with Crippen molar-refractivity contribution in [1.82, 2.24) is 0 Å². The van der Waals surface area contributed by atoms with Crippen LogP contribution in [0.4, 0.5) is 0 Å². The maximum Gasteiger partial charge on any atom is 0.343 e. The van der Waals surface area contributed by atoms with Gasteiger partial charge >= 0.3 is 11.9 Å². The maximum atomic E-state index is 11.8. The summed E-state index contributed by atoms with van der Waals surface area (Å²) in [5, 5.41) is 37.0. The summed E-state index contributed by atoms with van der Waals surface area (Å²) in [4.78, 5) is 22.7. The van der Waals surface area contributed by atoms with Gasteiger partial charge in [-0.1, -0.05) is 0 Å². The number of carbonyl (C=O) groups excluding carboxylic acids is 1. The van der Waals surface area contributed by atoms with Crippen LogP contribution in [-0.2, 0) is 0 Å². The number of esters is 1. The molecule has 0 aliphatic heterocycles. The average molecular weight is 290 g/mol. The zero-order valence-electron chi connectivity index (χ0n) is 10.5. The van der Waals surface area contributed by atoms with E-state index in [9.17, 15) is 19.8 Å². The number of aromatic carboxylic acids is 1. The molecule has 21 heavy (non-hydrogen) atoms. The highest BCUT2D eigenvalue weighted by atomic mass is 16.5. The minimum absolute atomic E-state index is 0.0417. The molecule has 0 heterocycles. The molecule has 0 bridgehead atoms. The zero-order valence-corrected chi connectivity index (χ0v) is 10.5. The predicted octanol–water partition coefficient (Wildman–Crippen LogP) is 1.72. The van der Waals surface area contributed by atoms with Crippen LogP contribution in [-0.4, -0.2) is 32.4 Å². The third-order valence-electron chi connectivity index (χ3n) is 2.61. The molecule has 7 nitrogen and oxygen atoms in total. The summed E-state index contributed by atoms with van der Waals surface area (Å²) >= 11 is 0. The first-order valence-electron chi connectivity index (χ1n) is 5.69. The van der Waals surface area contributed by atoms with Crippen molar-refractivity contribution < 1.29 is 34.8 Å². The average Bonchev–Trinajstić information content (AvgIpc) is 2.44. The van der Waals surface area contributed by atoms with Gasteiger partial charge in [-0.25, -0.2) is 9.59 Å². The monoisotopic (exact) mass is 290 g/mol. The van der Waals surface area contributed by atoms with Gasteiger partial charge in [0.2, 0.25) is 5.75 Å². The molecule has 0 spiro atoms. The number of rotatable bonds is 3. The van der Waals surface area contributed by atoms with Crippen molar-refractivity contribution >= 4 is 11.9 Å². The number of aromatic hydroxyl groups is 3. The van der Waals surface area contributed by atoms with E-state index >= 15 is 0 Å². The fourth-order valence-electron chi connectivity index (χ4n) is 1.55. The Morgan fingerprint density at radius 2 is 1.52 bits per heavy atom. The van der Waals surface area contributed by atoms with Crippen molar-refractivity contribution in [2.75, 3.05) is 0 Å². The minimum Gasteiger partial charge on any atom is -0.508 e. The maximum absolute atomic E-state index is 11.8. The molecule has 0 amide bonds. The van der Waals surface area contributed by atoms with Crippen molar-refractivity contribution in [1.29, 1.82) is 0 Å². The largest absolute Gasteiger partial charge is 0.508 e. The van der Waals surface area contributed by atoms with Crippen LogP contribution in [0.5, 0.6) is 23.0 Å². The molecule has 0 unspecified atom stereocenters. The highest BCUT2D eigenvalue weighted by molar-refractivity contribution is 5.93. The van der Waals surface area contributed by atoms with E-state index in [1.807, 2.05) is 0 Å². The normalized spacial score (nSPS) is 10.1. The summed E-state index contributed by atoms with van der Waals surface area (Å²) < 4.78 is 4.85. The number of hydrogen-bond donors (Lipinski definition) is 4. The van der Waals surface area contributed by atoms with E-state index in [0.717, 1.165) is 12.1 Å². The smallest absolute Gasteiger partial charge is 0.343 e. The fraction of sp³-hybridized carbons (Fsp3) is 0. The Hall–Kier alpha value is -3.22. The molecule has 0 aliphatic carbocycles. The second kappa shape index (κ2) is 5.41. The van der Waals surface area contributed by atoms with Crippen molar-refractivity contribution in [2.45, 2.75) is 0 Å². The zero-order chi connectivity index (χ0) is 15.6. The van der Waals surface area contributed by atoms with Gasteiger partial charge < -0.3 is 25.2 Å². The van der Waals surface area contributed by atoms with Crippen LogP contribution in [0.3, 0.4) is 0 Å². The van der Waals surface area contributed by atoms with Gasteiger partial charge in [-0.3, -0.25) is 0 Å². The van der Waals surface area contributed by atoms with E-state index in [1.54, 1.807) is 0 Å². The van der Waals surface area contributed by atoms with Gasteiger partial charge in [0.15, 0.2) is 11.5 Å². The summed E-state index contributed by atoms with van der Waals surface area (Å²) in [6.07, 6.45) is 0. The molecule has 2 aromatic rings. The van der Waals surface area contributed by atoms with E-state index in [2.05, 4.69) is 0 Å². The summed E-state index contributed by atoms with van der Waals surface area (Å²) in [6.45, 7) is 0. The molecule has 0 fully saturated rings. The second-order valence-electron chi connectivity index (χ2n) is 4.08. The number of hydrogen-bond acceptors (Lipinski definition) is 6. The summed E-state index contributed by atoms with van der Waals surface area (Å²) in [5.41, 5.74) is -0.272. The topological polar surface area (TPSA) is 124 Å². The Labute approximate surface area is 118 Å². The lowest BCUT2D eigenvalue weighted by molar-refractivity contribution is 0.0685. The van der Waals surface area contributed by atoms with Crippen molar-refractivity contribution in [2.24, 2.45) is 0 Å². The Kier molecular flexibility index (Phi) is 3.66. The standard InChI is InChI=1S/C14H10O7/c15-9-3-1-7(2-4-9)14(20)21-11-6-8(13(18)19)5-10(16)12(11)17/h1-6,15-17H,(H,18,19). The van der Waals surface area contributed by atoms with Gasteiger partial charge in [0.25, 0.3) is 0 Å². The molecular formula is C14H10O7. The van der Waals surface area contributed by atoms with Crippen LogP contribution < -0.4 is 4.74 Å². The number of benzene rings is 2. The molecule has 0 atom stereocenters. The molecule has 2 rings (SSSR count). The van der Waals surface area contributed by atoms with E-state index in [0.29, 0.717) is 0 Å². The lowest BCUT2D eigenvalue weighted by Gasteiger charge is -2.09. The van der Waals surface area contributed by atoms with Gasteiger partial charge in [0.05, 0.1) is 11.1 Å². The Balaban J connectivity index is 2.32. The van der Waals surface area contributed by atoms with Crippen molar-refractivity contribution in [3.05, 3.63) is 47.5 Å². The molecule has 7 heteroatoms. The fourth-order valence-corrected chi connectivity index (χ4v) is 1.55. The van der Waals surface area contributed by atoms with Gasteiger partial charge in [-0.15, -0.1) is 0 Å². The molecule has 0 saturated heterocycles. The van der Waals surface area contributed by atoms with Gasteiger partial charge in [-0.2, -0.15) is 0 Å². The van der Waals surface area contributed by atoms with Crippen molar-refractivity contribution in [3.8, 4) is 23.0 Å². The summed E-state index contributed by atoms with van der Waals surface area (Å²) in [6, 6.07) is 6.85. The first-order chi connectivity index (χ1) is 9.88. The van der Waals surface area contributed by atoms with E-state index < -0.39 is 29.2 Å². The summed E-state index contributed by atoms with van der Waals surface area (Å²) in [5.74, 6) is -4.22. The first-order valence-corrected chi connectivity index (χ1v) is 5.69. The number of phenols is 3. The van der Waals surface area contributed by atoms with Crippen LogP contribution in [0.25, 0.3) is 0 Å². The first kappa shape index (κ1) is 14.2. The quantitative estimate of drug-likeness (QED) is 0.385. The molecule has 2 aromatic carbocycles. The third-order valence-corrected chi connectivity index (χ3v) is 2.61. The Bertz CT molecular complexity index is 704.